The quantitative estimate of drug-likeness (QED) is 0.299. The molecule has 1 saturated heterocycles. The van der Waals surface area contributed by atoms with Gasteiger partial charge in [0.15, 0.2) is 0 Å². The Labute approximate surface area is 237 Å². The molecule has 218 valence electrons. The van der Waals surface area contributed by atoms with Crippen molar-refractivity contribution in [3.05, 3.63) is 71.8 Å². The molecule has 5 atom stereocenters. The number of benzene rings is 2. The van der Waals surface area contributed by atoms with Crippen LogP contribution < -0.4 is 16.4 Å². The van der Waals surface area contributed by atoms with E-state index in [9.17, 15) is 19.5 Å². The molecular formula is C31H44N4O5. The van der Waals surface area contributed by atoms with E-state index in [0.29, 0.717) is 25.1 Å². The molecule has 0 aromatic heterocycles. The Morgan fingerprint density at radius 3 is 2.20 bits per heavy atom. The molecule has 0 saturated carbocycles. The van der Waals surface area contributed by atoms with Crippen LogP contribution in [0.25, 0.3) is 0 Å². The highest BCUT2D eigenvalue weighted by Gasteiger charge is 2.40. The average Bonchev–Trinajstić information content (AvgIpc) is 3.29. The number of esters is 1. The fourth-order valence-electron chi connectivity index (χ4n) is 5.17. The van der Waals surface area contributed by atoms with Gasteiger partial charge in [0.2, 0.25) is 5.91 Å². The zero-order valence-electron chi connectivity index (χ0n) is 24.2. The van der Waals surface area contributed by atoms with Crippen LogP contribution in [0.5, 0.6) is 0 Å². The molecule has 2 aromatic carbocycles. The minimum absolute atomic E-state index is 0.0576. The van der Waals surface area contributed by atoms with Gasteiger partial charge in [0, 0.05) is 25.2 Å². The molecule has 1 fully saturated rings. The number of carbonyl (C=O) groups excluding carboxylic acids is 3. The third-order valence-electron chi connectivity index (χ3n) is 6.99. The van der Waals surface area contributed by atoms with Gasteiger partial charge in [-0.05, 0) is 50.7 Å². The number of nitrogens with one attached hydrogen (secondary N) is 2. The van der Waals surface area contributed by atoms with Crippen molar-refractivity contribution in [2.45, 2.75) is 77.3 Å². The van der Waals surface area contributed by atoms with Crippen LogP contribution in [0.3, 0.4) is 0 Å². The van der Waals surface area contributed by atoms with E-state index in [2.05, 4.69) is 10.6 Å². The number of hydrogen-bond donors (Lipinski definition) is 4. The number of nitrogens with two attached hydrogens (primary N) is 1. The summed E-state index contributed by atoms with van der Waals surface area (Å²) in [6, 6.07) is 16.4. The van der Waals surface area contributed by atoms with Gasteiger partial charge in [-0.3, -0.25) is 9.59 Å². The van der Waals surface area contributed by atoms with Crippen molar-refractivity contribution in [1.29, 1.82) is 0 Å². The molecule has 2 aromatic rings. The van der Waals surface area contributed by atoms with Gasteiger partial charge in [-0.15, -0.1) is 0 Å². The first-order valence-corrected chi connectivity index (χ1v) is 14.0. The fourth-order valence-corrected chi connectivity index (χ4v) is 5.17. The van der Waals surface area contributed by atoms with E-state index in [1.54, 1.807) is 25.7 Å². The smallest absolute Gasteiger partial charge is 0.318 e. The van der Waals surface area contributed by atoms with Crippen LogP contribution in [0.4, 0.5) is 4.79 Å². The Balaban J connectivity index is 1.89. The van der Waals surface area contributed by atoms with Crippen molar-refractivity contribution in [3.8, 4) is 0 Å². The number of aliphatic hydroxyl groups is 1. The average molecular weight is 553 g/mol. The van der Waals surface area contributed by atoms with Gasteiger partial charge in [-0.25, -0.2) is 4.79 Å². The van der Waals surface area contributed by atoms with E-state index >= 15 is 0 Å². The summed E-state index contributed by atoms with van der Waals surface area (Å²) in [7, 11) is 0. The lowest BCUT2D eigenvalue weighted by Gasteiger charge is -2.34. The minimum atomic E-state index is -1.22. The highest BCUT2D eigenvalue weighted by Crippen LogP contribution is 2.29. The molecular weight excluding hydrogens is 508 g/mol. The molecule has 5 N–H and O–H groups in total. The second kappa shape index (κ2) is 13.8. The molecule has 1 aliphatic heterocycles. The Hall–Kier alpha value is -3.43. The second-order valence-electron chi connectivity index (χ2n) is 11.8. The van der Waals surface area contributed by atoms with Gasteiger partial charge in [0.1, 0.15) is 17.6 Å². The van der Waals surface area contributed by atoms with E-state index in [1.807, 2.05) is 74.5 Å². The normalized spacial score (nSPS) is 17.5. The first-order chi connectivity index (χ1) is 18.9. The SMILES string of the molecule is CC(C)[C@@H](C(=O)N[C@@H](Cc1ccccc1)C[C@@H](O)C(C(=O)OC(C)(C)C)C(N)c1ccccc1)N1CCNC1=O. The Morgan fingerprint density at radius 1 is 1.07 bits per heavy atom. The Morgan fingerprint density at radius 2 is 1.68 bits per heavy atom. The molecule has 3 rings (SSSR count). The first kappa shape index (κ1) is 31.1. The van der Waals surface area contributed by atoms with Gasteiger partial charge < -0.3 is 31.1 Å². The van der Waals surface area contributed by atoms with Crippen LogP contribution in [0.1, 0.15) is 58.2 Å². The van der Waals surface area contributed by atoms with Gasteiger partial charge in [0.05, 0.1) is 6.10 Å². The van der Waals surface area contributed by atoms with Crippen LogP contribution >= 0.6 is 0 Å². The highest BCUT2D eigenvalue weighted by molar-refractivity contribution is 5.88. The lowest BCUT2D eigenvalue weighted by molar-refractivity contribution is -0.165. The van der Waals surface area contributed by atoms with Crippen LogP contribution in [0, 0.1) is 11.8 Å². The van der Waals surface area contributed by atoms with Gasteiger partial charge in [0.25, 0.3) is 0 Å². The molecule has 0 bridgehead atoms. The van der Waals surface area contributed by atoms with Gasteiger partial charge >= 0.3 is 12.0 Å². The molecule has 1 aliphatic rings. The standard InChI is InChI=1S/C31H44N4O5/c1-20(2)27(35-17-16-33-30(35)39)28(37)34-23(18-21-12-8-6-9-13-21)19-24(36)25(29(38)40-31(3,4)5)26(32)22-14-10-7-11-15-22/h6-15,20,23-27,36H,16-19,32H2,1-5H3,(H,33,39)(H,34,37)/t23-,24+,25?,26?,27-/m0/s1. The van der Waals surface area contributed by atoms with E-state index in [4.69, 9.17) is 10.5 Å². The van der Waals surface area contributed by atoms with Crippen molar-refractivity contribution >= 4 is 17.9 Å². The predicted octanol–water partition coefficient (Wildman–Crippen LogP) is 3.17. The summed E-state index contributed by atoms with van der Waals surface area (Å²) in [5, 5.41) is 17.4. The lowest BCUT2D eigenvalue weighted by atomic mass is 9.85. The summed E-state index contributed by atoms with van der Waals surface area (Å²) < 4.78 is 5.68. The molecule has 9 nitrogen and oxygen atoms in total. The number of amides is 3. The maximum absolute atomic E-state index is 13.6. The fraction of sp³-hybridized carbons (Fsp3) is 0.516. The number of aliphatic hydroxyl groups excluding tert-OH is 1. The zero-order chi connectivity index (χ0) is 29.4. The number of carbonyl (C=O) groups is 3. The van der Waals surface area contributed by atoms with Gasteiger partial charge in [-0.2, -0.15) is 0 Å². The maximum Gasteiger partial charge on any atom is 0.318 e. The van der Waals surface area contributed by atoms with Crippen molar-refractivity contribution in [2.75, 3.05) is 13.1 Å². The molecule has 1 heterocycles. The summed E-state index contributed by atoms with van der Waals surface area (Å²) in [6.45, 7) is 10.0. The first-order valence-electron chi connectivity index (χ1n) is 14.0. The summed E-state index contributed by atoms with van der Waals surface area (Å²) >= 11 is 0. The Bertz CT molecular complexity index is 1120. The van der Waals surface area contributed by atoms with Crippen molar-refractivity contribution in [3.63, 3.8) is 0 Å². The third kappa shape index (κ3) is 8.53. The summed E-state index contributed by atoms with van der Waals surface area (Å²) in [6.07, 6.45) is -0.740. The second-order valence-corrected chi connectivity index (χ2v) is 11.8. The summed E-state index contributed by atoms with van der Waals surface area (Å²) in [4.78, 5) is 40.9. The number of rotatable bonds is 12. The summed E-state index contributed by atoms with van der Waals surface area (Å²) in [5.41, 5.74) is 7.46. The van der Waals surface area contributed by atoms with Crippen molar-refractivity contribution in [1.82, 2.24) is 15.5 Å². The van der Waals surface area contributed by atoms with Crippen LogP contribution in [-0.2, 0) is 20.7 Å². The van der Waals surface area contributed by atoms with E-state index in [-0.39, 0.29) is 24.3 Å². The molecule has 0 aliphatic carbocycles. The largest absolute Gasteiger partial charge is 0.460 e. The lowest BCUT2D eigenvalue weighted by Crippen LogP contribution is -2.54. The molecule has 9 heteroatoms. The van der Waals surface area contributed by atoms with Crippen molar-refractivity contribution < 1.29 is 24.2 Å². The predicted molar refractivity (Wildman–Crippen MR) is 154 cm³/mol. The topological polar surface area (TPSA) is 134 Å². The molecule has 3 amide bonds. The van der Waals surface area contributed by atoms with Crippen LogP contribution in [-0.4, -0.2) is 64.8 Å². The molecule has 2 unspecified atom stereocenters. The number of hydrogen-bond acceptors (Lipinski definition) is 6. The minimum Gasteiger partial charge on any atom is -0.460 e. The third-order valence-corrected chi connectivity index (χ3v) is 6.99. The van der Waals surface area contributed by atoms with E-state index in [0.717, 1.165) is 5.56 Å². The van der Waals surface area contributed by atoms with Crippen LogP contribution in [0.15, 0.2) is 60.7 Å². The molecule has 40 heavy (non-hydrogen) atoms. The summed E-state index contributed by atoms with van der Waals surface area (Å²) in [5.74, 6) is -2.11. The highest BCUT2D eigenvalue weighted by atomic mass is 16.6. The zero-order valence-corrected chi connectivity index (χ0v) is 24.2. The monoisotopic (exact) mass is 552 g/mol. The van der Waals surface area contributed by atoms with E-state index < -0.39 is 41.7 Å². The number of nitrogens with zero attached hydrogens (tertiary/aromatic N) is 1. The number of urea groups is 1. The van der Waals surface area contributed by atoms with Crippen LogP contribution in [0.2, 0.25) is 0 Å². The molecule has 0 radical (unpaired) electrons. The number of ether oxygens (including phenoxy) is 1. The molecule has 0 spiro atoms. The Kier molecular flexibility index (Phi) is 10.7. The maximum atomic E-state index is 13.6. The van der Waals surface area contributed by atoms with Crippen molar-refractivity contribution in [2.24, 2.45) is 17.6 Å². The van der Waals surface area contributed by atoms with Gasteiger partial charge in [-0.1, -0.05) is 74.5 Å². The van der Waals surface area contributed by atoms with E-state index in [1.165, 1.54) is 0 Å².